The van der Waals surface area contributed by atoms with Gasteiger partial charge in [0.05, 0.1) is 19.8 Å². The topological polar surface area (TPSA) is 67.8 Å². The number of aliphatic hydroxyl groups excluding tert-OH is 1. The molecule has 0 bridgehead atoms. The van der Waals surface area contributed by atoms with Gasteiger partial charge in [0.15, 0.2) is 6.10 Å². The van der Waals surface area contributed by atoms with Gasteiger partial charge in [-0.15, -0.1) is 0 Å². The van der Waals surface area contributed by atoms with E-state index in [0.29, 0.717) is 18.9 Å². The van der Waals surface area contributed by atoms with E-state index < -0.39 is 6.10 Å². The molecule has 0 aromatic heterocycles. The molecule has 1 fully saturated rings. The van der Waals surface area contributed by atoms with Crippen molar-refractivity contribution in [3.63, 3.8) is 0 Å². The summed E-state index contributed by atoms with van der Waals surface area (Å²) >= 11 is 0. The average molecular weight is 275 g/mol. The van der Waals surface area contributed by atoms with Crippen LogP contribution >= 0.6 is 0 Å². The maximum absolute atomic E-state index is 12.1. The molecule has 1 atom stereocenters. The first kappa shape index (κ1) is 14.5. The van der Waals surface area contributed by atoms with Crippen molar-refractivity contribution < 1.29 is 19.4 Å². The summed E-state index contributed by atoms with van der Waals surface area (Å²) in [7, 11) is 0. The summed E-state index contributed by atoms with van der Waals surface area (Å²) in [6.45, 7) is 2.93. The smallest absolute Gasteiger partial charge is 0.255 e. The number of carbonyl (C=O) groups excluding carboxylic acids is 1. The van der Waals surface area contributed by atoms with E-state index in [9.17, 15) is 4.79 Å². The number of aliphatic hydroxyl groups is 1. The molecule has 2 rings (SSSR count). The van der Waals surface area contributed by atoms with Gasteiger partial charge in [0.25, 0.3) is 5.91 Å². The Balaban J connectivity index is 2.09. The zero-order valence-corrected chi connectivity index (χ0v) is 11.3. The largest absolute Gasteiger partial charge is 0.384 e. The Labute approximate surface area is 117 Å². The van der Waals surface area contributed by atoms with Gasteiger partial charge in [-0.3, -0.25) is 4.79 Å². The molecule has 0 spiro atoms. The molecular weight excluding hydrogens is 258 g/mol. The van der Waals surface area contributed by atoms with Crippen LogP contribution in [0.25, 0.3) is 0 Å². The Hall–Kier alpha value is -1.87. The summed E-state index contributed by atoms with van der Waals surface area (Å²) in [5.74, 6) is 5.16. The molecule has 1 unspecified atom stereocenters. The Bertz CT molecular complexity index is 539. The SMILES string of the molecule is Cc1ccc(C#CCO)cc1NC(=O)C1COCCO1. The highest BCUT2D eigenvalue weighted by molar-refractivity contribution is 5.95. The van der Waals surface area contributed by atoms with E-state index in [1.54, 1.807) is 6.07 Å². The summed E-state index contributed by atoms with van der Waals surface area (Å²) in [5, 5.41) is 11.5. The van der Waals surface area contributed by atoms with Gasteiger partial charge in [-0.2, -0.15) is 0 Å². The predicted octanol–water partition coefficient (Wildman–Crippen LogP) is 0.693. The Morgan fingerprint density at radius 3 is 3.05 bits per heavy atom. The van der Waals surface area contributed by atoms with E-state index in [0.717, 1.165) is 11.1 Å². The number of hydrogen-bond acceptors (Lipinski definition) is 4. The van der Waals surface area contributed by atoms with E-state index in [1.807, 2.05) is 19.1 Å². The first-order valence-electron chi connectivity index (χ1n) is 6.41. The predicted molar refractivity (Wildman–Crippen MR) is 74.3 cm³/mol. The molecule has 5 nitrogen and oxygen atoms in total. The lowest BCUT2D eigenvalue weighted by Crippen LogP contribution is -2.39. The molecule has 1 aliphatic rings. The van der Waals surface area contributed by atoms with Gasteiger partial charge in [-0.1, -0.05) is 17.9 Å². The highest BCUT2D eigenvalue weighted by atomic mass is 16.6. The van der Waals surface area contributed by atoms with Crippen LogP contribution in [0.3, 0.4) is 0 Å². The molecule has 1 heterocycles. The average Bonchev–Trinajstić information content (AvgIpc) is 2.49. The molecule has 1 aromatic carbocycles. The van der Waals surface area contributed by atoms with Gasteiger partial charge in [0, 0.05) is 11.3 Å². The molecule has 20 heavy (non-hydrogen) atoms. The summed E-state index contributed by atoms with van der Waals surface area (Å²) < 4.78 is 10.6. The molecule has 1 aliphatic heterocycles. The fraction of sp³-hybridized carbons (Fsp3) is 0.400. The number of amides is 1. The first-order chi connectivity index (χ1) is 9.70. The minimum Gasteiger partial charge on any atom is -0.384 e. The van der Waals surface area contributed by atoms with Crippen molar-refractivity contribution in [2.24, 2.45) is 0 Å². The van der Waals surface area contributed by atoms with Gasteiger partial charge in [-0.25, -0.2) is 0 Å². The number of anilines is 1. The fourth-order valence-corrected chi connectivity index (χ4v) is 1.83. The molecule has 5 heteroatoms. The van der Waals surface area contributed by atoms with Crippen molar-refractivity contribution in [3.05, 3.63) is 29.3 Å². The quantitative estimate of drug-likeness (QED) is 0.779. The highest BCUT2D eigenvalue weighted by Crippen LogP contribution is 2.17. The lowest BCUT2D eigenvalue weighted by molar-refractivity contribution is -0.142. The minimum absolute atomic E-state index is 0.192. The third-order valence-corrected chi connectivity index (χ3v) is 2.92. The first-order valence-corrected chi connectivity index (χ1v) is 6.41. The maximum Gasteiger partial charge on any atom is 0.255 e. The summed E-state index contributed by atoms with van der Waals surface area (Å²) in [5.41, 5.74) is 2.36. The number of benzene rings is 1. The van der Waals surface area contributed by atoms with Gasteiger partial charge < -0.3 is 19.9 Å². The van der Waals surface area contributed by atoms with Crippen LogP contribution in [0, 0.1) is 18.8 Å². The summed E-state index contributed by atoms with van der Waals surface area (Å²) in [6.07, 6.45) is -0.574. The number of rotatable bonds is 2. The van der Waals surface area contributed by atoms with Gasteiger partial charge >= 0.3 is 0 Å². The van der Waals surface area contributed by atoms with Crippen LogP contribution in [-0.4, -0.2) is 43.5 Å². The third-order valence-electron chi connectivity index (χ3n) is 2.92. The number of aryl methyl sites for hydroxylation is 1. The molecule has 106 valence electrons. The molecule has 0 aliphatic carbocycles. The second-order valence-electron chi connectivity index (χ2n) is 4.41. The van der Waals surface area contributed by atoms with Crippen molar-refractivity contribution in [1.82, 2.24) is 0 Å². The highest BCUT2D eigenvalue weighted by Gasteiger charge is 2.23. The Morgan fingerprint density at radius 2 is 2.35 bits per heavy atom. The molecule has 0 radical (unpaired) electrons. The Kier molecular flexibility index (Phi) is 5.13. The van der Waals surface area contributed by atoms with Crippen molar-refractivity contribution in [3.8, 4) is 11.8 Å². The van der Waals surface area contributed by atoms with Crippen molar-refractivity contribution in [2.45, 2.75) is 13.0 Å². The molecule has 1 amide bonds. The standard InChI is InChI=1S/C15H17NO4/c1-11-4-5-12(3-2-6-17)9-13(11)16-15(18)14-10-19-7-8-20-14/h4-5,9,14,17H,6-8,10H2,1H3,(H,16,18). The molecule has 1 aromatic rings. The van der Waals surface area contributed by atoms with Crippen LogP contribution in [0.4, 0.5) is 5.69 Å². The monoisotopic (exact) mass is 275 g/mol. The van der Waals surface area contributed by atoms with Gasteiger partial charge in [-0.05, 0) is 24.6 Å². The van der Waals surface area contributed by atoms with E-state index in [1.165, 1.54) is 0 Å². The van der Waals surface area contributed by atoms with Crippen LogP contribution < -0.4 is 5.32 Å². The summed E-state index contributed by atoms with van der Waals surface area (Å²) in [4.78, 5) is 12.1. The molecular formula is C15H17NO4. The number of hydrogen-bond donors (Lipinski definition) is 2. The van der Waals surface area contributed by atoms with Crippen molar-refractivity contribution in [1.29, 1.82) is 0 Å². The van der Waals surface area contributed by atoms with Crippen LogP contribution in [0.5, 0.6) is 0 Å². The Morgan fingerprint density at radius 1 is 1.50 bits per heavy atom. The zero-order chi connectivity index (χ0) is 14.4. The second-order valence-corrected chi connectivity index (χ2v) is 4.41. The molecule has 1 saturated heterocycles. The van der Waals surface area contributed by atoms with Crippen LogP contribution in [0.15, 0.2) is 18.2 Å². The normalized spacial score (nSPS) is 18.0. The van der Waals surface area contributed by atoms with Gasteiger partial charge in [0.1, 0.15) is 6.61 Å². The molecule has 2 N–H and O–H groups in total. The summed E-state index contributed by atoms with van der Waals surface area (Å²) in [6, 6.07) is 5.49. The van der Waals surface area contributed by atoms with E-state index in [4.69, 9.17) is 14.6 Å². The third kappa shape index (κ3) is 3.81. The lowest BCUT2D eigenvalue weighted by Gasteiger charge is -2.22. The van der Waals surface area contributed by atoms with Gasteiger partial charge in [0.2, 0.25) is 0 Å². The van der Waals surface area contributed by atoms with Crippen molar-refractivity contribution in [2.75, 3.05) is 31.7 Å². The maximum atomic E-state index is 12.1. The number of ether oxygens (including phenoxy) is 2. The van der Waals surface area contributed by atoms with E-state index in [2.05, 4.69) is 17.2 Å². The minimum atomic E-state index is -0.574. The second kappa shape index (κ2) is 7.06. The van der Waals surface area contributed by atoms with Crippen molar-refractivity contribution >= 4 is 11.6 Å². The van der Waals surface area contributed by atoms with Crippen LogP contribution in [0.2, 0.25) is 0 Å². The van der Waals surface area contributed by atoms with E-state index >= 15 is 0 Å². The van der Waals surface area contributed by atoms with Crippen LogP contribution in [-0.2, 0) is 14.3 Å². The van der Waals surface area contributed by atoms with E-state index in [-0.39, 0.29) is 19.1 Å². The molecule has 0 saturated carbocycles. The fourth-order valence-electron chi connectivity index (χ4n) is 1.83. The lowest BCUT2D eigenvalue weighted by atomic mass is 10.1. The number of nitrogens with one attached hydrogen (secondary N) is 1. The zero-order valence-electron chi connectivity index (χ0n) is 11.3. The number of carbonyl (C=O) groups is 1. The van der Waals surface area contributed by atoms with Crippen LogP contribution in [0.1, 0.15) is 11.1 Å².